The van der Waals surface area contributed by atoms with Crippen LogP contribution >= 0.6 is 23.2 Å². The van der Waals surface area contributed by atoms with Crippen molar-refractivity contribution < 1.29 is 14.3 Å². The molecule has 0 spiro atoms. The molecular weight excluding hydrogens is 461 g/mol. The molecule has 1 aromatic carbocycles. The van der Waals surface area contributed by atoms with E-state index < -0.39 is 11.7 Å². The number of carbonyl (C=O) groups is 2. The Bertz CT molecular complexity index is 1070. The Labute approximate surface area is 205 Å². The summed E-state index contributed by atoms with van der Waals surface area (Å²) < 4.78 is 5.42. The molecule has 1 fully saturated rings. The first kappa shape index (κ1) is 25.3. The second-order valence-corrected chi connectivity index (χ2v) is 10.6. The number of nitrogens with zero attached hydrogens (tertiary/aromatic N) is 2. The number of piperidine rings is 1. The third kappa shape index (κ3) is 5.98. The quantitative estimate of drug-likeness (QED) is 0.497. The Hall–Kier alpha value is -2.31. The number of nitrogens with one attached hydrogen (secondary N) is 1. The van der Waals surface area contributed by atoms with Crippen LogP contribution in [-0.4, -0.2) is 41.1 Å². The highest BCUT2D eigenvalue weighted by atomic mass is 35.5. The average molecular weight is 492 g/mol. The van der Waals surface area contributed by atoms with Crippen LogP contribution in [0.1, 0.15) is 63.5 Å². The Kier molecular flexibility index (Phi) is 7.30. The summed E-state index contributed by atoms with van der Waals surface area (Å²) in [5.41, 5.74) is 2.50. The number of hydrogen-bond acceptors (Lipinski definition) is 5. The number of halogens is 2. The van der Waals surface area contributed by atoms with Crippen LogP contribution in [0.4, 0.5) is 10.5 Å². The summed E-state index contributed by atoms with van der Waals surface area (Å²) in [4.78, 5) is 31.7. The Morgan fingerprint density at radius 2 is 1.82 bits per heavy atom. The van der Waals surface area contributed by atoms with Gasteiger partial charge in [0, 0.05) is 31.1 Å². The molecule has 8 heteroatoms. The van der Waals surface area contributed by atoms with Gasteiger partial charge >= 0.3 is 6.09 Å². The van der Waals surface area contributed by atoms with Crippen molar-refractivity contribution >= 4 is 40.8 Å². The summed E-state index contributed by atoms with van der Waals surface area (Å²) in [6.45, 7) is 12.4. The van der Waals surface area contributed by atoms with E-state index in [9.17, 15) is 9.59 Å². The number of hydrogen-bond donors (Lipinski definition) is 1. The Morgan fingerprint density at radius 3 is 2.39 bits per heavy atom. The summed E-state index contributed by atoms with van der Waals surface area (Å²) in [7, 11) is 0. The van der Waals surface area contributed by atoms with Crippen molar-refractivity contribution in [1.29, 1.82) is 0 Å². The van der Waals surface area contributed by atoms with Gasteiger partial charge in [0.1, 0.15) is 11.3 Å². The van der Waals surface area contributed by atoms with Gasteiger partial charge in [-0.3, -0.25) is 4.79 Å². The van der Waals surface area contributed by atoms with E-state index in [1.807, 2.05) is 52.8 Å². The van der Waals surface area contributed by atoms with Crippen LogP contribution < -0.4 is 10.2 Å². The number of Topliss-reactive ketones (excluding diaryl/α,β-unsaturated/α-hetero) is 1. The number of benzene rings is 1. The first-order valence-electron chi connectivity index (χ1n) is 11.0. The van der Waals surface area contributed by atoms with E-state index >= 15 is 0 Å². The first-order chi connectivity index (χ1) is 15.3. The van der Waals surface area contributed by atoms with Gasteiger partial charge in [-0.05, 0) is 65.2 Å². The van der Waals surface area contributed by atoms with Crippen molar-refractivity contribution in [3.05, 3.63) is 45.6 Å². The molecule has 178 valence electrons. The topological polar surface area (TPSA) is 71.5 Å². The lowest BCUT2D eigenvalue weighted by molar-refractivity contribution is 0.0448. The zero-order valence-corrected chi connectivity index (χ0v) is 21.5. The van der Waals surface area contributed by atoms with Gasteiger partial charge in [0.15, 0.2) is 5.78 Å². The van der Waals surface area contributed by atoms with Crippen LogP contribution in [0, 0.1) is 6.92 Å². The third-order valence-electron chi connectivity index (χ3n) is 5.74. The number of ether oxygens (including phenoxy) is 1. The summed E-state index contributed by atoms with van der Waals surface area (Å²) in [6.07, 6.45) is 1.01. The molecule has 0 radical (unpaired) electrons. The van der Waals surface area contributed by atoms with Gasteiger partial charge in [-0.2, -0.15) is 0 Å². The maximum Gasteiger partial charge on any atom is 0.408 e. The Morgan fingerprint density at radius 1 is 1.18 bits per heavy atom. The molecule has 33 heavy (non-hydrogen) atoms. The van der Waals surface area contributed by atoms with Crippen molar-refractivity contribution in [3.63, 3.8) is 0 Å². The lowest BCUT2D eigenvalue weighted by Crippen LogP contribution is -2.54. The molecule has 1 N–H and O–H groups in total. The maximum absolute atomic E-state index is 12.5. The fourth-order valence-electron chi connectivity index (χ4n) is 3.97. The highest BCUT2D eigenvalue weighted by Gasteiger charge is 2.34. The highest BCUT2D eigenvalue weighted by molar-refractivity contribution is 6.43. The maximum atomic E-state index is 12.5. The van der Waals surface area contributed by atoms with Gasteiger partial charge in [-0.15, -0.1) is 0 Å². The number of anilines is 1. The average Bonchev–Trinajstić information content (AvgIpc) is 2.69. The molecule has 1 aromatic heterocycles. The molecule has 0 aliphatic carbocycles. The number of rotatable bonds is 4. The van der Waals surface area contributed by atoms with Crippen molar-refractivity contribution in [2.24, 2.45) is 0 Å². The molecule has 6 nitrogen and oxygen atoms in total. The molecule has 1 aliphatic rings. The van der Waals surface area contributed by atoms with Crippen molar-refractivity contribution in [3.8, 4) is 11.3 Å². The van der Waals surface area contributed by atoms with Gasteiger partial charge in [0.05, 0.1) is 21.4 Å². The fraction of sp³-hybridized carbons (Fsp3) is 0.480. The van der Waals surface area contributed by atoms with Gasteiger partial charge in [-0.25, -0.2) is 9.78 Å². The second kappa shape index (κ2) is 9.51. The van der Waals surface area contributed by atoms with Crippen LogP contribution in [0.25, 0.3) is 11.3 Å². The van der Waals surface area contributed by atoms with E-state index in [0.29, 0.717) is 52.9 Å². The molecule has 2 heterocycles. The lowest BCUT2D eigenvalue weighted by Gasteiger charge is -2.41. The molecule has 0 bridgehead atoms. The highest BCUT2D eigenvalue weighted by Crippen LogP contribution is 2.37. The number of alkyl carbamates (subject to hydrolysis) is 1. The van der Waals surface area contributed by atoms with Crippen molar-refractivity contribution in [2.45, 2.75) is 65.5 Å². The zero-order chi connectivity index (χ0) is 24.6. The Balaban J connectivity index is 1.84. The van der Waals surface area contributed by atoms with E-state index in [1.165, 1.54) is 6.92 Å². The fourth-order valence-corrected chi connectivity index (χ4v) is 4.36. The van der Waals surface area contributed by atoms with Crippen LogP contribution in [0.15, 0.2) is 24.3 Å². The largest absolute Gasteiger partial charge is 0.444 e. The van der Waals surface area contributed by atoms with Gasteiger partial charge in [0.2, 0.25) is 0 Å². The summed E-state index contributed by atoms with van der Waals surface area (Å²) in [6, 6.07) is 7.37. The number of amides is 1. The third-order valence-corrected chi connectivity index (χ3v) is 6.56. The normalized spacial score (nSPS) is 15.8. The minimum Gasteiger partial charge on any atom is -0.444 e. The first-order valence-corrected chi connectivity index (χ1v) is 11.8. The smallest absolute Gasteiger partial charge is 0.408 e. The van der Waals surface area contributed by atoms with Gasteiger partial charge < -0.3 is 15.0 Å². The molecule has 2 aromatic rings. The summed E-state index contributed by atoms with van der Waals surface area (Å²) >= 11 is 12.6. The minimum atomic E-state index is -0.547. The predicted molar refractivity (Wildman–Crippen MR) is 134 cm³/mol. The number of pyridine rings is 1. The molecule has 0 unspecified atom stereocenters. The second-order valence-electron chi connectivity index (χ2n) is 9.85. The molecule has 0 atom stereocenters. The summed E-state index contributed by atoms with van der Waals surface area (Å²) in [5.74, 6) is -0.121. The molecule has 0 saturated carbocycles. The van der Waals surface area contributed by atoms with Crippen LogP contribution in [-0.2, 0) is 4.74 Å². The predicted octanol–water partition coefficient (Wildman–Crippen LogP) is 6.45. The lowest BCUT2D eigenvalue weighted by atomic mass is 9.89. The zero-order valence-electron chi connectivity index (χ0n) is 20.0. The SMILES string of the molecule is CC(=O)c1nc(-c2cccc(Cl)c2Cl)c(C)cc1N1CCC(C)(NC(=O)OC(C)(C)C)CC1. The van der Waals surface area contributed by atoms with Crippen LogP contribution in [0.2, 0.25) is 10.0 Å². The van der Waals surface area contributed by atoms with E-state index in [1.54, 1.807) is 6.07 Å². The number of aryl methyl sites for hydroxylation is 1. The molecule has 1 saturated heterocycles. The number of ketones is 1. The monoisotopic (exact) mass is 491 g/mol. The van der Waals surface area contributed by atoms with Gasteiger partial charge in [0.25, 0.3) is 0 Å². The van der Waals surface area contributed by atoms with Crippen molar-refractivity contribution in [1.82, 2.24) is 10.3 Å². The molecule has 3 rings (SSSR count). The number of aromatic nitrogens is 1. The van der Waals surface area contributed by atoms with E-state index in [2.05, 4.69) is 10.2 Å². The minimum absolute atomic E-state index is 0.121. The molecule has 1 aliphatic heterocycles. The number of carbonyl (C=O) groups excluding carboxylic acids is 2. The van der Waals surface area contributed by atoms with Crippen LogP contribution in [0.3, 0.4) is 0 Å². The van der Waals surface area contributed by atoms with E-state index in [0.717, 1.165) is 11.3 Å². The van der Waals surface area contributed by atoms with E-state index in [-0.39, 0.29) is 11.3 Å². The van der Waals surface area contributed by atoms with Gasteiger partial charge in [-0.1, -0.05) is 35.3 Å². The molecule has 1 amide bonds. The summed E-state index contributed by atoms with van der Waals surface area (Å²) in [5, 5.41) is 3.87. The van der Waals surface area contributed by atoms with Crippen LogP contribution in [0.5, 0.6) is 0 Å². The standard InChI is InChI=1S/C25H31Cl2N3O3/c1-15-14-19(22(16(2)31)28-21(15)17-8-7-9-18(26)20(17)27)30-12-10-25(6,11-13-30)29-23(32)33-24(3,4)5/h7-9,14H,10-13H2,1-6H3,(H,29,32). The molecular formula is C25H31Cl2N3O3. The van der Waals surface area contributed by atoms with E-state index in [4.69, 9.17) is 32.9 Å². The van der Waals surface area contributed by atoms with Crippen molar-refractivity contribution in [2.75, 3.05) is 18.0 Å².